The number of rotatable bonds is 4. The largest absolute Gasteiger partial charge is 0.325 e. The fourth-order valence-electron chi connectivity index (χ4n) is 2.50. The van der Waals surface area contributed by atoms with E-state index in [2.05, 4.69) is 10.6 Å². The van der Waals surface area contributed by atoms with Crippen molar-refractivity contribution in [3.8, 4) is 0 Å². The van der Waals surface area contributed by atoms with Gasteiger partial charge in [-0.25, -0.2) is 8.78 Å². The Hall–Kier alpha value is -2.47. The van der Waals surface area contributed by atoms with Crippen LogP contribution in [0.25, 0.3) is 0 Å². The molecule has 7 heteroatoms. The van der Waals surface area contributed by atoms with Crippen molar-refractivity contribution in [3.05, 3.63) is 58.6 Å². The topological polar surface area (TPSA) is 58.2 Å². The number of hydrogen-bond acceptors (Lipinski definition) is 2. The molecule has 1 aliphatic rings. The van der Waals surface area contributed by atoms with Crippen LogP contribution >= 0.6 is 11.6 Å². The Balaban J connectivity index is 1.76. The van der Waals surface area contributed by atoms with E-state index in [0.717, 1.165) is 12.1 Å². The molecule has 0 radical (unpaired) electrons. The van der Waals surface area contributed by atoms with Crippen molar-refractivity contribution in [2.75, 3.05) is 10.6 Å². The molecule has 0 heterocycles. The molecule has 0 spiro atoms. The minimum atomic E-state index is -1.25. The van der Waals surface area contributed by atoms with Gasteiger partial charge in [0.25, 0.3) is 0 Å². The standard InChI is InChI=1S/C18H15ClF2N2O2/c1-10-12(19)3-2-4-14(10)22-16(24)18(7-8-18)17(25)23-15-6-5-11(20)9-13(15)21/h2-6,9H,7-8H2,1H3,(H,22,24)(H,23,25). The molecule has 2 amide bonds. The number of carbonyl (C=O) groups is 2. The molecule has 2 N–H and O–H groups in total. The lowest BCUT2D eigenvalue weighted by Crippen LogP contribution is -2.36. The molecule has 0 saturated heterocycles. The zero-order valence-electron chi connectivity index (χ0n) is 13.3. The minimum absolute atomic E-state index is 0.163. The monoisotopic (exact) mass is 364 g/mol. The second-order valence-corrected chi connectivity index (χ2v) is 6.43. The van der Waals surface area contributed by atoms with Crippen LogP contribution in [0.3, 0.4) is 0 Å². The van der Waals surface area contributed by atoms with E-state index in [1.807, 2.05) is 0 Å². The second kappa shape index (κ2) is 6.44. The van der Waals surface area contributed by atoms with Crippen LogP contribution in [0.15, 0.2) is 36.4 Å². The lowest BCUT2D eigenvalue weighted by molar-refractivity contribution is -0.131. The van der Waals surface area contributed by atoms with Crippen molar-refractivity contribution in [1.82, 2.24) is 0 Å². The van der Waals surface area contributed by atoms with E-state index in [1.54, 1.807) is 25.1 Å². The molecule has 1 saturated carbocycles. The number of nitrogens with one attached hydrogen (secondary N) is 2. The van der Waals surface area contributed by atoms with Gasteiger partial charge < -0.3 is 10.6 Å². The molecular formula is C18H15ClF2N2O2. The summed E-state index contributed by atoms with van der Waals surface area (Å²) in [6.45, 7) is 1.76. The van der Waals surface area contributed by atoms with Gasteiger partial charge in [-0.3, -0.25) is 9.59 Å². The number of halogens is 3. The van der Waals surface area contributed by atoms with Gasteiger partial charge in [0, 0.05) is 16.8 Å². The summed E-state index contributed by atoms with van der Waals surface area (Å²) < 4.78 is 26.6. The number of hydrogen-bond donors (Lipinski definition) is 2. The molecule has 0 aliphatic heterocycles. The first kappa shape index (κ1) is 17.4. The Morgan fingerprint density at radius 2 is 1.68 bits per heavy atom. The average molecular weight is 365 g/mol. The Bertz CT molecular complexity index is 866. The van der Waals surface area contributed by atoms with Gasteiger partial charge in [-0.1, -0.05) is 17.7 Å². The highest BCUT2D eigenvalue weighted by Gasteiger charge is 2.56. The fraction of sp³-hybridized carbons (Fsp3) is 0.222. The van der Waals surface area contributed by atoms with Crippen molar-refractivity contribution < 1.29 is 18.4 Å². The molecular weight excluding hydrogens is 350 g/mol. The first-order valence-corrected chi connectivity index (χ1v) is 8.04. The molecule has 0 unspecified atom stereocenters. The quantitative estimate of drug-likeness (QED) is 0.795. The van der Waals surface area contributed by atoms with Crippen LogP contribution in [0.2, 0.25) is 5.02 Å². The average Bonchev–Trinajstić information content (AvgIpc) is 3.36. The third-order valence-corrected chi connectivity index (χ3v) is 4.72. The molecule has 1 fully saturated rings. The highest BCUT2D eigenvalue weighted by molar-refractivity contribution is 6.31. The third kappa shape index (κ3) is 3.35. The molecule has 130 valence electrons. The predicted octanol–water partition coefficient (Wildman–Crippen LogP) is 4.28. The SMILES string of the molecule is Cc1c(Cl)cccc1NC(=O)C1(C(=O)Nc2ccc(F)cc2F)CC1. The summed E-state index contributed by atoms with van der Waals surface area (Å²) in [6.07, 6.45) is 0.709. The van der Waals surface area contributed by atoms with Crippen molar-refractivity contribution in [2.45, 2.75) is 19.8 Å². The zero-order chi connectivity index (χ0) is 18.2. The van der Waals surface area contributed by atoms with Gasteiger partial charge in [-0.15, -0.1) is 0 Å². The van der Waals surface area contributed by atoms with E-state index < -0.39 is 28.9 Å². The van der Waals surface area contributed by atoms with Crippen LogP contribution < -0.4 is 10.6 Å². The van der Waals surface area contributed by atoms with Crippen molar-refractivity contribution in [2.24, 2.45) is 5.41 Å². The molecule has 1 aliphatic carbocycles. The maximum atomic E-state index is 13.7. The predicted molar refractivity (Wildman–Crippen MR) is 91.5 cm³/mol. The van der Waals surface area contributed by atoms with Crippen LogP contribution in [0.5, 0.6) is 0 Å². The Morgan fingerprint density at radius 1 is 1.04 bits per heavy atom. The Kier molecular flexibility index (Phi) is 4.47. The highest BCUT2D eigenvalue weighted by Crippen LogP contribution is 2.47. The first-order valence-electron chi connectivity index (χ1n) is 7.66. The van der Waals surface area contributed by atoms with E-state index in [-0.39, 0.29) is 5.69 Å². The van der Waals surface area contributed by atoms with E-state index in [4.69, 9.17) is 11.6 Å². The van der Waals surface area contributed by atoms with Crippen LogP contribution in [0, 0.1) is 24.0 Å². The van der Waals surface area contributed by atoms with E-state index in [0.29, 0.717) is 35.2 Å². The minimum Gasteiger partial charge on any atom is -0.325 e. The number of benzene rings is 2. The van der Waals surface area contributed by atoms with Gasteiger partial charge in [0.15, 0.2) is 0 Å². The summed E-state index contributed by atoms with van der Waals surface area (Å²) in [5, 5.41) is 5.57. The summed E-state index contributed by atoms with van der Waals surface area (Å²) in [4.78, 5) is 25.0. The van der Waals surface area contributed by atoms with E-state index >= 15 is 0 Å². The van der Waals surface area contributed by atoms with Gasteiger partial charge in [-0.2, -0.15) is 0 Å². The van der Waals surface area contributed by atoms with Gasteiger partial charge in [-0.05, 0) is 49.6 Å². The Morgan fingerprint density at radius 3 is 2.28 bits per heavy atom. The number of anilines is 2. The fourth-order valence-corrected chi connectivity index (χ4v) is 2.67. The van der Waals surface area contributed by atoms with Gasteiger partial charge in [0.2, 0.25) is 11.8 Å². The summed E-state index contributed by atoms with van der Waals surface area (Å²) in [7, 11) is 0. The van der Waals surface area contributed by atoms with Crippen molar-refractivity contribution in [1.29, 1.82) is 0 Å². The summed E-state index contributed by atoms with van der Waals surface area (Å²) in [5.74, 6) is -2.73. The molecule has 0 aromatic heterocycles. The number of amides is 2. The van der Waals surface area contributed by atoms with Gasteiger partial charge >= 0.3 is 0 Å². The normalized spacial score (nSPS) is 14.7. The van der Waals surface area contributed by atoms with Crippen LogP contribution in [-0.2, 0) is 9.59 Å². The lowest BCUT2D eigenvalue weighted by atomic mass is 10.0. The molecule has 0 atom stereocenters. The lowest BCUT2D eigenvalue weighted by Gasteiger charge is -2.17. The van der Waals surface area contributed by atoms with Crippen molar-refractivity contribution in [3.63, 3.8) is 0 Å². The van der Waals surface area contributed by atoms with E-state index in [9.17, 15) is 18.4 Å². The molecule has 2 aromatic carbocycles. The van der Waals surface area contributed by atoms with Gasteiger partial charge in [0.1, 0.15) is 17.0 Å². The van der Waals surface area contributed by atoms with Crippen molar-refractivity contribution >= 4 is 34.8 Å². The maximum absolute atomic E-state index is 13.7. The highest BCUT2D eigenvalue weighted by atomic mass is 35.5. The zero-order valence-corrected chi connectivity index (χ0v) is 14.1. The van der Waals surface area contributed by atoms with Crippen LogP contribution in [0.1, 0.15) is 18.4 Å². The molecule has 25 heavy (non-hydrogen) atoms. The first-order chi connectivity index (χ1) is 11.8. The van der Waals surface area contributed by atoms with Crippen LogP contribution in [-0.4, -0.2) is 11.8 Å². The second-order valence-electron chi connectivity index (χ2n) is 6.03. The summed E-state index contributed by atoms with van der Waals surface area (Å²) >= 11 is 6.02. The van der Waals surface area contributed by atoms with Gasteiger partial charge in [0.05, 0.1) is 5.69 Å². The third-order valence-electron chi connectivity index (χ3n) is 4.31. The molecule has 4 nitrogen and oxygen atoms in total. The summed E-state index contributed by atoms with van der Waals surface area (Å²) in [6, 6.07) is 7.91. The number of carbonyl (C=O) groups excluding carboxylic acids is 2. The smallest absolute Gasteiger partial charge is 0.240 e. The summed E-state index contributed by atoms with van der Waals surface area (Å²) in [5.41, 5.74) is -0.206. The van der Waals surface area contributed by atoms with Crippen LogP contribution in [0.4, 0.5) is 20.2 Å². The Labute approximate surface area is 148 Å². The molecule has 0 bridgehead atoms. The van der Waals surface area contributed by atoms with E-state index in [1.165, 1.54) is 0 Å². The molecule has 3 rings (SSSR count). The molecule has 2 aromatic rings. The maximum Gasteiger partial charge on any atom is 0.240 e.